The summed E-state index contributed by atoms with van der Waals surface area (Å²) >= 11 is 0. The van der Waals surface area contributed by atoms with Gasteiger partial charge in [-0.2, -0.15) is 13.2 Å². The van der Waals surface area contributed by atoms with Crippen LogP contribution in [0.4, 0.5) is 13.2 Å². The highest BCUT2D eigenvalue weighted by Gasteiger charge is 2.52. The van der Waals surface area contributed by atoms with Gasteiger partial charge in [0.1, 0.15) is 0 Å². The summed E-state index contributed by atoms with van der Waals surface area (Å²) < 4.78 is 44.9. The van der Waals surface area contributed by atoms with Crippen LogP contribution in [0.3, 0.4) is 0 Å². The largest absolute Gasteiger partial charge is 0.478 e. The predicted molar refractivity (Wildman–Crippen MR) is 96.5 cm³/mol. The quantitative estimate of drug-likeness (QED) is 0.765. The highest BCUT2D eigenvalue weighted by atomic mass is 19.4. The third kappa shape index (κ3) is 4.04. The first kappa shape index (κ1) is 20.3. The van der Waals surface area contributed by atoms with E-state index in [9.17, 15) is 27.9 Å². The highest BCUT2D eigenvalue weighted by molar-refractivity contribution is 6.00. The summed E-state index contributed by atoms with van der Waals surface area (Å²) in [5.41, 5.74) is -0.692. The molecule has 0 aromatic heterocycles. The van der Waals surface area contributed by atoms with Crippen LogP contribution in [0.5, 0.6) is 0 Å². The Kier molecular flexibility index (Phi) is 5.23. The highest BCUT2D eigenvalue weighted by Crippen LogP contribution is 2.43. The molecule has 0 radical (unpaired) electrons. The van der Waals surface area contributed by atoms with Crippen LogP contribution < -0.4 is 0 Å². The van der Waals surface area contributed by atoms with Crippen LogP contribution in [-0.2, 0) is 14.3 Å². The van der Waals surface area contributed by atoms with Gasteiger partial charge in [0.2, 0.25) is 0 Å². The van der Waals surface area contributed by atoms with E-state index < -0.39 is 29.4 Å². The molecule has 1 heterocycles. The zero-order chi connectivity index (χ0) is 20.7. The first-order valence-electron chi connectivity index (χ1n) is 9.02. The number of allylic oxidation sites excluding steroid dienone is 6. The molecular formula is C21H21F3O4. The lowest BCUT2D eigenvalue weighted by Crippen LogP contribution is -2.48. The number of ether oxygens (including phenoxy) is 1. The van der Waals surface area contributed by atoms with Gasteiger partial charge >= 0.3 is 12.1 Å². The van der Waals surface area contributed by atoms with E-state index in [1.807, 2.05) is 18.2 Å². The van der Waals surface area contributed by atoms with E-state index in [4.69, 9.17) is 4.74 Å². The van der Waals surface area contributed by atoms with E-state index in [0.717, 1.165) is 18.1 Å². The third-order valence-electron chi connectivity index (χ3n) is 5.23. The van der Waals surface area contributed by atoms with Gasteiger partial charge in [-0.15, -0.1) is 0 Å². The van der Waals surface area contributed by atoms with E-state index in [-0.39, 0.29) is 24.2 Å². The van der Waals surface area contributed by atoms with Crippen molar-refractivity contribution in [1.82, 2.24) is 0 Å². The van der Waals surface area contributed by atoms with Crippen molar-refractivity contribution in [2.75, 3.05) is 0 Å². The molecule has 3 rings (SSSR count). The number of carboxylic acids is 1. The van der Waals surface area contributed by atoms with Crippen LogP contribution in [0.1, 0.15) is 33.1 Å². The second-order valence-corrected chi connectivity index (χ2v) is 7.59. The molecule has 150 valence electrons. The number of carboxylic acid groups (broad SMARTS) is 1. The second-order valence-electron chi connectivity index (χ2n) is 7.59. The SMILES string of the molecule is CC1C=CC(CC(=O)C2=CCC3(C)OC(C(F)(F)F)C(C(=O)O)=CC3=C2)=CC1. The van der Waals surface area contributed by atoms with Gasteiger partial charge in [-0.3, -0.25) is 4.79 Å². The Hall–Kier alpha value is -2.41. The fourth-order valence-electron chi connectivity index (χ4n) is 3.48. The zero-order valence-electron chi connectivity index (χ0n) is 15.5. The lowest BCUT2D eigenvalue weighted by Gasteiger charge is -2.41. The van der Waals surface area contributed by atoms with Crippen LogP contribution in [0, 0.1) is 5.92 Å². The number of ketones is 1. The molecule has 3 aliphatic rings. The molecule has 0 fully saturated rings. The number of carbonyl (C=O) groups is 2. The van der Waals surface area contributed by atoms with Gasteiger partial charge in [-0.25, -0.2) is 4.79 Å². The third-order valence-corrected chi connectivity index (χ3v) is 5.23. The van der Waals surface area contributed by atoms with Crippen molar-refractivity contribution in [1.29, 1.82) is 0 Å². The Morgan fingerprint density at radius 3 is 2.57 bits per heavy atom. The summed E-state index contributed by atoms with van der Waals surface area (Å²) in [6.07, 6.45) is 3.70. The number of hydrogen-bond donors (Lipinski definition) is 1. The number of fused-ring (bicyclic) bond motifs is 1. The normalized spacial score (nSPS) is 29.9. The number of carbonyl (C=O) groups excluding carboxylic acids is 1. The van der Waals surface area contributed by atoms with Gasteiger partial charge in [-0.1, -0.05) is 31.2 Å². The minimum atomic E-state index is -4.84. The molecule has 0 amide bonds. The molecule has 3 atom stereocenters. The van der Waals surface area contributed by atoms with Gasteiger partial charge in [0.05, 0.1) is 11.2 Å². The second kappa shape index (κ2) is 7.20. The minimum absolute atomic E-state index is 0.0573. The molecule has 28 heavy (non-hydrogen) atoms. The lowest BCUT2D eigenvalue weighted by atomic mass is 9.80. The molecule has 0 aromatic carbocycles. The standard InChI is InChI=1S/C21H21F3O4/c1-12-3-5-13(6-4-12)9-17(25)14-7-8-20(2)15(10-14)11-16(19(26)27)18(28-20)21(22,23)24/h3,5-7,10-12,18H,4,8-9H2,1-2H3,(H,26,27). The Bertz CT molecular complexity index is 857. The molecule has 0 spiro atoms. The maximum absolute atomic E-state index is 13.2. The van der Waals surface area contributed by atoms with Crippen LogP contribution in [0.2, 0.25) is 0 Å². The number of aliphatic carboxylic acids is 1. The van der Waals surface area contributed by atoms with Gasteiger partial charge in [0.15, 0.2) is 11.9 Å². The first-order chi connectivity index (χ1) is 13.0. The van der Waals surface area contributed by atoms with Crippen molar-refractivity contribution in [3.05, 3.63) is 58.7 Å². The van der Waals surface area contributed by atoms with E-state index in [2.05, 4.69) is 6.92 Å². The van der Waals surface area contributed by atoms with Crippen molar-refractivity contribution < 1.29 is 32.6 Å². The van der Waals surface area contributed by atoms with E-state index >= 15 is 0 Å². The van der Waals surface area contributed by atoms with Crippen molar-refractivity contribution in [2.24, 2.45) is 5.92 Å². The summed E-state index contributed by atoms with van der Waals surface area (Å²) in [5.74, 6) is -1.43. The van der Waals surface area contributed by atoms with Crippen LogP contribution in [0.15, 0.2) is 58.7 Å². The number of Topliss-reactive ketones (excluding diaryl/α,β-unsaturated/α-hetero) is 1. The van der Waals surface area contributed by atoms with Gasteiger partial charge in [0.25, 0.3) is 0 Å². The van der Waals surface area contributed by atoms with Gasteiger partial charge in [-0.05, 0) is 49.0 Å². The molecule has 0 aromatic rings. The molecule has 0 saturated carbocycles. The van der Waals surface area contributed by atoms with Gasteiger partial charge < -0.3 is 9.84 Å². The zero-order valence-corrected chi connectivity index (χ0v) is 15.5. The number of alkyl halides is 3. The Balaban J connectivity index is 1.87. The number of hydrogen-bond acceptors (Lipinski definition) is 3. The molecule has 1 aliphatic heterocycles. The summed E-state index contributed by atoms with van der Waals surface area (Å²) in [4.78, 5) is 23.9. The molecule has 3 unspecified atom stereocenters. The Morgan fingerprint density at radius 2 is 2.00 bits per heavy atom. The fourth-order valence-corrected chi connectivity index (χ4v) is 3.48. The van der Waals surface area contributed by atoms with Crippen LogP contribution in [0.25, 0.3) is 0 Å². The van der Waals surface area contributed by atoms with E-state index in [1.54, 1.807) is 6.08 Å². The summed E-state index contributed by atoms with van der Waals surface area (Å²) in [5, 5.41) is 9.19. The average molecular weight is 394 g/mol. The van der Waals surface area contributed by atoms with E-state index in [1.165, 1.54) is 13.0 Å². The maximum Gasteiger partial charge on any atom is 0.419 e. The number of halogens is 3. The van der Waals surface area contributed by atoms with Gasteiger partial charge in [0, 0.05) is 12.0 Å². The molecule has 4 nitrogen and oxygen atoms in total. The van der Waals surface area contributed by atoms with Crippen LogP contribution in [-0.4, -0.2) is 34.7 Å². The lowest BCUT2D eigenvalue weighted by molar-refractivity contribution is -0.235. The Morgan fingerprint density at radius 1 is 1.29 bits per heavy atom. The monoisotopic (exact) mass is 394 g/mol. The molecular weight excluding hydrogens is 373 g/mol. The molecule has 2 aliphatic carbocycles. The molecule has 0 bridgehead atoms. The Labute approximate surface area is 160 Å². The molecule has 1 N–H and O–H groups in total. The van der Waals surface area contributed by atoms with Crippen molar-refractivity contribution in [3.63, 3.8) is 0 Å². The molecule has 0 saturated heterocycles. The van der Waals surface area contributed by atoms with Crippen molar-refractivity contribution in [3.8, 4) is 0 Å². The van der Waals surface area contributed by atoms with Crippen molar-refractivity contribution in [2.45, 2.75) is 51.0 Å². The minimum Gasteiger partial charge on any atom is -0.478 e. The summed E-state index contributed by atoms with van der Waals surface area (Å²) in [6, 6.07) is 0. The smallest absolute Gasteiger partial charge is 0.419 e. The predicted octanol–water partition coefficient (Wildman–Crippen LogP) is 4.46. The summed E-state index contributed by atoms with van der Waals surface area (Å²) in [6.45, 7) is 3.54. The first-order valence-corrected chi connectivity index (χ1v) is 9.02. The van der Waals surface area contributed by atoms with E-state index in [0.29, 0.717) is 11.5 Å². The number of rotatable bonds is 4. The summed E-state index contributed by atoms with van der Waals surface area (Å²) in [7, 11) is 0. The van der Waals surface area contributed by atoms with Crippen LogP contribution >= 0.6 is 0 Å². The fraction of sp³-hybridized carbons (Fsp3) is 0.429. The average Bonchev–Trinajstić information content (AvgIpc) is 2.61. The van der Waals surface area contributed by atoms with Crippen molar-refractivity contribution >= 4 is 11.8 Å². The molecule has 7 heteroatoms. The maximum atomic E-state index is 13.2. The topological polar surface area (TPSA) is 63.6 Å².